The third-order valence-corrected chi connectivity index (χ3v) is 8.02. The van der Waals surface area contributed by atoms with E-state index in [9.17, 15) is 4.79 Å². The van der Waals surface area contributed by atoms with Gasteiger partial charge in [0.05, 0.1) is 5.75 Å². The van der Waals surface area contributed by atoms with Crippen molar-refractivity contribution in [3.63, 3.8) is 0 Å². The number of nitrogens with zero attached hydrogens (tertiary/aromatic N) is 5. The summed E-state index contributed by atoms with van der Waals surface area (Å²) in [7, 11) is 0. The van der Waals surface area contributed by atoms with Crippen molar-refractivity contribution in [3.8, 4) is 11.4 Å². The first-order valence-electron chi connectivity index (χ1n) is 9.97. The Balaban J connectivity index is 1.49. The molecule has 0 radical (unpaired) electrons. The highest BCUT2D eigenvalue weighted by Gasteiger charge is 2.24. The van der Waals surface area contributed by atoms with E-state index < -0.39 is 0 Å². The van der Waals surface area contributed by atoms with E-state index in [1.54, 1.807) is 0 Å². The molecule has 3 aromatic heterocycles. The molecular weight excluding hydrogens is 436 g/mol. The van der Waals surface area contributed by atoms with Gasteiger partial charge in [-0.2, -0.15) is 0 Å². The van der Waals surface area contributed by atoms with Crippen molar-refractivity contribution in [1.29, 1.82) is 0 Å². The number of carbonyl (C=O) groups is 1. The summed E-state index contributed by atoms with van der Waals surface area (Å²) in [5.74, 6) is 1.70. The van der Waals surface area contributed by atoms with Crippen LogP contribution in [0.15, 0.2) is 23.2 Å². The minimum absolute atomic E-state index is 0.129. The molecule has 1 aliphatic rings. The number of amides is 1. The summed E-state index contributed by atoms with van der Waals surface area (Å²) in [4.78, 5) is 13.8. The van der Waals surface area contributed by atoms with Gasteiger partial charge in [0.25, 0.3) is 0 Å². The minimum Gasteiger partial charge on any atom is -0.300 e. The molecule has 0 aliphatic heterocycles. The summed E-state index contributed by atoms with van der Waals surface area (Å²) in [6, 6.07) is 0. The first-order chi connectivity index (χ1) is 14.6. The number of aromatic nitrogens is 5. The third kappa shape index (κ3) is 4.50. The maximum Gasteiger partial charge on any atom is 0.236 e. The van der Waals surface area contributed by atoms with Crippen LogP contribution in [0, 0.1) is 5.92 Å². The van der Waals surface area contributed by atoms with Gasteiger partial charge in [-0.15, -0.1) is 38.3 Å². The van der Waals surface area contributed by atoms with Gasteiger partial charge in [-0.05, 0) is 37.2 Å². The number of thioether (sulfide) groups is 1. The van der Waals surface area contributed by atoms with E-state index in [0.717, 1.165) is 41.2 Å². The molecule has 1 unspecified atom stereocenters. The predicted octanol–water partition coefficient (Wildman–Crippen LogP) is 4.46. The Morgan fingerprint density at radius 1 is 1.40 bits per heavy atom. The summed E-state index contributed by atoms with van der Waals surface area (Å²) in [5.41, 5.74) is 2.58. The Bertz CT molecular complexity index is 1050. The fraction of sp³-hybridized carbons (Fsp3) is 0.450. The largest absolute Gasteiger partial charge is 0.300 e. The number of anilines is 1. The molecule has 3 aromatic rings. The van der Waals surface area contributed by atoms with E-state index in [0.29, 0.717) is 11.7 Å². The molecule has 30 heavy (non-hydrogen) atoms. The molecule has 1 aliphatic carbocycles. The summed E-state index contributed by atoms with van der Waals surface area (Å²) in [6.07, 6.45) is 6.08. The van der Waals surface area contributed by atoms with E-state index in [1.807, 2.05) is 28.9 Å². The molecule has 0 fully saturated rings. The van der Waals surface area contributed by atoms with E-state index in [-0.39, 0.29) is 11.7 Å². The molecule has 4 rings (SSSR count). The smallest absolute Gasteiger partial charge is 0.236 e. The van der Waals surface area contributed by atoms with Crippen LogP contribution >= 0.6 is 34.4 Å². The fourth-order valence-corrected chi connectivity index (χ4v) is 6.17. The molecule has 1 amide bonds. The molecule has 0 aromatic carbocycles. The highest BCUT2D eigenvalue weighted by atomic mass is 32.2. The Hall–Kier alpha value is -2.04. The Kier molecular flexibility index (Phi) is 6.64. The molecule has 10 heteroatoms. The van der Waals surface area contributed by atoms with Crippen LogP contribution in [0.3, 0.4) is 0 Å². The van der Waals surface area contributed by atoms with Crippen LogP contribution in [0.25, 0.3) is 11.4 Å². The number of hydrogen-bond acceptors (Lipinski definition) is 8. The van der Waals surface area contributed by atoms with Crippen molar-refractivity contribution < 1.29 is 4.79 Å². The zero-order valence-electron chi connectivity index (χ0n) is 17.1. The average Bonchev–Trinajstić information content (AvgIpc) is 3.45. The van der Waals surface area contributed by atoms with Crippen LogP contribution in [0.2, 0.25) is 0 Å². The number of fused-ring (bicyclic) bond motifs is 1. The summed E-state index contributed by atoms with van der Waals surface area (Å²) < 4.78 is 2.05. The summed E-state index contributed by atoms with van der Waals surface area (Å²) >= 11 is 4.59. The molecule has 0 saturated heterocycles. The lowest BCUT2D eigenvalue weighted by molar-refractivity contribution is -0.113. The van der Waals surface area contributed by atoms with E-state index in [4.69, 9.17) is 0 Å². The number of thiophene rings is 1. The number of rotatable bonds is 8. The monoisotopic (exact) mass is 460 g/mol. The highest BCUT2D eigenvalue weighted by molar-refractivity contribution is 7.99. The number of carbonyl (C=O) groups excluding carboxylic acids is 1. The maximum absolute atomic E-state index is 12.3. The fourth-order valence-electron chi connectivity index (χ4n) is 3.49. The Morgan fingerprint density at radius 3 is 3.03 bits per heavy atom. The van der Waals surface area contributed by atoms with E-state index >= 15 is 0 Å². The van der Waals surface area contributed by atoms with Crippen molar-refractivity contribution in [2.45, 2.75) is 51.2 Å². The zero-order valence-corrected chi connectivity index (χ0v) is 19.5. The van der Waals surface area contributed by atoms with Gasteiger partial charge in [-0.1, -0.05) is 43.0 Å². The van der Waals surface area contributed by atoms with Gasteiger partial charge in [-0.3, -0.25) is 14.7 Å². The number of hydrogen-bond donors (Lipinski definition) is 1. The lowest BCUT2D eigenvalue weighted by Gasteiger charge is -2.19. The highest BCUT2D eigenvalue weighted by Crippen LogP contribution is 2.38. The van der Waals surface area contributed by atoms with Crippen LogP contribution in [-0.4, -0.2) is 36.6 Å². The predicted molar refractivity (Wildman–Crippen MR) is 123 cm³/mol. The molecule has 3 heterocycles. The second-order valence-electron chi connectivity index (χ2n) is 7.30. The number of allylic oxidation sites excluding steroid dienone is 1. The molecular formula is C20H24N6OS3. The van der Waals surface area contributed by atoms with Crippen molar-refractivity contribution in [2.75, 3.05) is 11.1 Å². The van der Waals surface area contributed by atoms with Crippen LogP contribution in [0.5, 0.6) is 0 Å². The summed E-state index contributed by atoms with van der Waals surface area (Å²) in [5, 5.41) is 24.0. The minimum atomic E-state index is -0.129. The molecule has 0 saturated carbocycles. The number of nitrogens with one attached hydrogen (secondary N) is 1. The average molecular weight is 461 g/mol. The van der Waals surface area contributed by atoms with E-state index in [2.05, 4.69) is 44.6 Å². The van der Waals surface area contributed by atoms with Gasteiger partial charge >= 0.3 is 0 Å². The Labute approximate surface area is 188 Å². The van der Waals surface area contributed by atoms with Crippen LogP contribution in [0.1, 0.15) is 35.7 Å². The lowest BCUT2D eigenvalue weighted by atomic mass is 9.88. The van der Waals surface area contributed by atoms with Gasteiger partial charge < -0.3 is 0 Å². The van der Waals surface area contributed by atoms with Crippen LogP contribution < -0.4 is 5.32 Å². The van der Waals surface area contributed by atoms with Crippen molar-refractivity contribution in [3.05, 3.63) is 33.5 Å². The standard InChI is InChI=1S/C20H24N6OS3/c1-4-8-26-18(14-10-28-15-9-12(3)6-7-13(14)15)23-25-20(26)29-11-16(27)21-19-24-22-17(5-2)30-19/h4,10,12H,1,5-9,11H2,2-3H3,(H,21,24,27). The van der Waals surface area contributed by atoms with Crippen molar-refractivity contribution in [1.82, 2.24) is 25.0 Å². The topological polar surface area (TPSA) is 85.6 Å². The second-order valence-corrected chi connectivity index (χ2v) is 10.3. The molecule has 7 nitrogen and oxygen atoms in total. The van der Waals surface area contributed by atoms with Gasteiger partial charge in [0, 0.05) is 22.4 Å². The second kappa shape index (κ2) is 9.40. The van der Waals surface area contributed by atoms with Crippen molar-refractivity contribution >= 4 is 45.5 Å². The third-order valence-electron chi connectivity index (χ3n) is 5.02. The Morgan fingerprint density at radius 2 is 2.27 bits per heavy atom. The van der Waals surface area contributed by atoms with E-state index in [1.165, 1.54) is 45.5 Å². The van der Waals surface area contributed by atoms with Crippen LogP contribution in [0.4, 0.5) is 5.13 Å². The van der Waals surface area contributed by atoms with Gasteiger partial charge in [0.15, 0.2) is 11.0 Å². The first-order valence-corrected chi connectivity index (χ1v) is 12.7. The van der Waals surface area contributed by atoms with Gasteiger partial charge in [0.2, 0.25) is 11.0 Å². The molecule has 1 N–H and O–H groups in total. The first kappa shape index (κ1) is 21.2. The zero-order chi connectivity index (χ0) is 21.1. The van der Waals surface area contributed by atoms with Gasteiger partial charge in [0.1, 0.15) is 5.01 Å². The van der Waals surface area contributed by atoms with Gasteiger partial charge in [-0.25, -0.2) is 0 Å². The van der Waals surface area contributed by atoms with Crippen LogP contribution in [-0.2, 0) is 30.6 Å². The number of aryl methyl sites for hydroxylation is 1. The maximum atomic E-state index is 12.3. The molecule has 158 valence electrons. The quantitative estimate of drug-likeness (QED) is 0.394. The normalized spacial score (nSPS) is 15.7. The SMILES string of the molecule is C=CCn1c(SCC(=O)Nc2nnc(CC)s2)nnc1-c1csc2c1CCC(C)C2. The van der Waals surface area contributed by atoms with Crippen molar-refractivity contribution in [2.24, 2.45) is 5.92 Å². The summed E-state index contributed by atoms with van der Waals surface area (Å²) in [6.45, 7) is 8.81. The lowest BCUT2D eigenvalue weighted by Crippen LogP contribution is -2.14. The molecule has 1 atom stereocenters. The molecule has 0 spiro atoms. The molecule has 0 bridgehead atoms.